The molecule has 4 fully saturated rings. The summed E-state index contributed by atoms with van der Waals surface area (Å²) in [5.41, 5.74) is 6.38. The van der Waals surface area contributed by atoms with Crippen LogP contribution in [0, 0.1) is 42.4 Å². The van der Waals surface area contributed by atoms with Crippen molar-refractivity contribution < 1.29 is 0 Å². The van der Waals surface area contributed by atoms with E-state index < -0.39 is 0 Å². The third-order valence-electron chi connectivity index (χ3n) is 12.6. The number of anilines is 1. The first-order valence-electron chi connectivity index (χ1n) is 17.6. The van der Waals surface area contributed by atoms with Crippen molar-refractivity contribution in [3.05, 3.63) is 41.1 Å². The number of rotatable bonds is 14. The molecule has 0 amide bonds. The lowest BCUT2D eigenvalue weighted by Gasteiger charge is -2.73. The Balaban J connectivity index is 1.49. The lowest BCUT2D eigenvalue weighted by atomic mass is 9.47. The molecule has 3 heteroatoms. The first-order chi connectivity index (χ1) is 19.6. The average molecular weight is 673 g/mol. The molecule has 0 bridgehead atoms. The number of nitrogens with one attached hydrogen (secondary N) is 1. The van der Waals surface area contributed by atoms with Crippen LogP contribution in [0.3, 0.4) is 0 Å². The minimum Gasteiger partial charge on any atom is -0.359 e. The Morgan fingerprint density at radius 2 is 1.78 bits per heavy atom. The van der Waals surface area contributed by atoms with E-state index in [0.717, 1.165) is 40.1 Å². The van der Waals surface area contributed by atoms with Crippen molar-refractivity contribution in [1.82, 2.24) is 4.90 Å². The molecule has 1 N–H and O–H groups in total. The Morgan fingerprint density at radius 3 is 2.24 bits per heavy atom. The summed E-state index contributed by atoms with van der Waals surface area (Å²) in [6, 6.07) is 7.81. The molecule has 0 heterocycles. The van der Waals surface area contributed by atoms with Crippen molar-refractivity contribution in [3.63, 3.8) is 0 Å². The highest BCUT2D eigenvalue weighted by molar-refractivity contribution is 14.1. The van der Waals surface area contributed by atoms with Gasteiger partial charge < -0.3 is 5.32 Å². The Kier molecular flexibility index (Phi) is 9.96. The van der Waals surface area contributed by atoms with Crippen LogP contribution in [0.15, 0.2) is 30.0 Å². The fourth-order valence-electron chi connectivity index (χ4n) is 10.1. The maximum Gasteiger partial charge on any atom is 0.0414 e. The monoisotopic (exact) mass is 672 g/mol. The van der Waals surface area contributed by atoms with E-state index in [0.29, 0.717) is 22.9 Å². The van der Waals surface area contributed by atoms with Gasteiger partial charge in [-0.3, -0.25) is 4.90 Å². The highest BCUT2D eigenvalue weighted by Gasteiger charge is 2.68. The van der Waals surface area contributed by atoms with Crippen LogP contribution in [0.1, 0.15) is 130 Å². The van der Waals surface area contributed by atoms with Crippen LogP contribution >= 0.6 is 22.6 Å². The molecule has 0 spiro atoms. The summed E-state index contributed by atoms with van der Waals surface area (Å²) < 4.78 is 0.814. The molecule has 0 aliphatic heterocycles. The maximum atomic E-state index is 4.02. The zero-order valence-corrected chi connectivity index (χ0v) is 29.9. The Morgan fingerprint density at radius 1 is 1.07 bits per heavy atom. The second-order valence-electron chi connectivity index (χ2n) is 15.1. The topological polar surface area (TPSA) is 15.3 Å². The Labute approximate surface area is 267 Å². The molecule has 230 valence electrons. The minimum atomic E-state index is 0.351. The van der Waals surface area contributed by atoms with Crippen LogP contribution in [-0.2, 0) is 6.42 Å². The number of benzene rings is 1. The van der Waals surface area contributed by atoms with E-state index in [1.54, 1.807) is 0 Å². The zero-order chi connectivity index (χ0) is 29.5. The molecule has 41 heavy (non-hydrogen) atoms. The lowest BCUT2D eigenvalue weighted by Crippen LogP contribution is -2.77. The van der Waals surface area contributed by atoms with Crippen LogP contribution in [0.25, 0.3) is 0 Å². The number of nitrogens with zero attached hydrogens (tertiary/aromatic N) is 1. The summed E-state index contributed by atoms with van der Waals surface area (Å²) in [6.45, 7) is 19.5. The SMILES string of the molecule is CC=C(Nc1ccc(C)cc1CC)C(C)C(CCC)C1(N(C2CC2)C2([C@H]3C[C@@H](CC(C)I)C3)CCC2C)CCC1C. The van der Waals surface area contributed by atoms with Gasteiger partial charge in [0.15, 0.2) is 0 Å². The Bertz CT molecular complexity index is 1070. The molecule has 5 rings (SSSR count). The van der Waals surface area contributed by atoms with E-state index in [-0.39, 0.29) is 0 Å². The van der Waals surface area contributed by atoms with E-state index in [1.165, 1.54) is 93.1 Å². The molecule has 0 saturated heterocycles. The standard InChI is InChI=1S/C38H61IN2/c1-9-12-34(29(8)35(11-3)40-36-16-13-25(4)21-31(36)10-2)38(20-18-27(38)6)41(33-14-15-33)37(19-17-26(37)5)32-23-30(24-32)22-28(7)39/h11,13,16,21,26-30,32-34,40H,9-10,12,14-15,17-20,22-24H2,1-8H3/t26?,27?,28?,29?,30-,32+,34?,37?,38?. The molecule has 1 aromatic carbocycles. The van der Waals surface area contributed by atoms with Gasteiger partial charge >= 0.3 is 0 Å². The summed E-state index contributed by atoms with van der Waals surface area (Å²) in [5.74, 6) is 4.76. The Hall–Kier alpha value is -0.550. The van der Waals surface area contributed by atoms with Gasteiger partial charge in [-0.1, -0.05) is 94.3 Å². The summed E-state index contributed by atoms with van der Waals surface area (Å²) in [4.78, 5) is 3.35. The molecule has 4 saturated carbocycles. The fourth-order valence-corrected chi connectivity index (χ4v) is 10.8. The summed E-state index contributed by atoms with van der Waals surface area (Å²) in [5, 5.41) is 4.02. The van der Waals surface area contributed by atoms with Crippen molar-refractivity contribution in [1.29, 1.82) is 0 Å². The van der Waals surface area contributed by atoms with E-state index >= 15 is 0 Å². The van der Waals surface area contributed by atoms with Gasteiger partial charge in [-0.15, -0.1) is 0 Å². The van der Waals surface area contributed by atoms with Crippen LogP contribution < -0.4 is 5.32 Å². The third kappa shape index (κ3) is 5.71. The zero-order valence-electron chi connectivity index (χ0n) is 27.7. The highest BCUT2D eigenvalue weighted by atomic mass is 127. The molecule has 7 atom stereocenters. The third-order valence-corrected chi connectivity index (χ3v) is 13.1. The quantitative estimate of drug-likeness (QED) is 0.156. The predicted octanol–water partition coefficient (Wildman–Crippen LogP) is 11.0. The van der Waals surface area contributed by atoms with Crippen molar-refractivity contribution in [2.75, 3.05) is 5.32 Å². The van der Waals surface area contributed by atoms with Crippen molar-refractivity contribution in [2.45, 2.75) is 153 Å². The second kappa shape index (κ2) is 12.8. The molecular formula is C38H61IN2. The number of allylic oxidation sites excluding steroid dienone is 2. The van der Waals surface area contributed by atoms with E-state index in [1.807, 2.05) is 0 Å². The van der Waals surface area contributed by atoms with Gasteiger partial charge in [0.1, 0.15) is 0 Å². The van der Waals surface area contributed by atoms with Gasteiger partial charge in [0.05, 0.1) is 0 Å². The molecule has 0 aromatic heterocycles. The molecule has 7 unspecified atom stereocenters. The van der Waals surface area contributed by atoms with Crippen LogP contribution in [0.4, 0.5) is 5.69 Å². The van der Waals surface area contributed by atoms with Gasteiger partial charge in [0, 0.05) is 38.3 Å². The highest BCUT2D eigenvalue weighted by Crippen LogP contribution is 2.66. The van der Waals surface area contributed by atoms with Crippen LogP contribution in [0.5, 0.6) is 0 Å². The van der Waals surface area contributed by atoms with Gasteiger partial charge in [0.2, 0.25) is 0 Å². The van der Waals surface area contributed by atoms with Crippen molar-refractivity contribution >= 4 is 28.3 Å². The van der Waals surface area contributed by atoms with E-state index in [4.69, 9.17) is 0 Å². The molecule has 2 nitrogen and oxygen atoms in total. The van der Waals surface area contributed by atoms with Crippen LogP contribution in [-0.4, -0.2) is 25.9 Å². The van der Waals surface area contributed by atoms with Crippen molar-refractivity contribution in [2.24, 2.45) is 35.5 Å². The average Bonchev–Trinajstić information content (AvgIpc) is 3.76. The molecule has 0 radical (unpaired) electrons. The molecule has 4 aliphatic carbocycles. The van der Waals surface area contributed by atoms with Crippen LogP contribution in [0.2, 0.25) is 0 Å². The molecule has 1 aromatic rings. The summed E-state index contributed by atoms with van der Waals surface area (Å²) in [6.07, 6.45) is 19.1. The molecule has 4 aliphatic rings. The minimum absolute atomic E-state index is 0.351. The van der Waals surface area contributed by atoms with Gasteiger partial charge in [0.25, 0.3) is 0 Å². The number of hydrogen-bond donors (Lipinski definition) is 1. The molecular weight excluding hydrogens is 611 g/mol. The van der Waals surface area contributed by atoms with E-state index in [2.05, 4.69) is 112 Å². The normalized spacial score (nSPS) is 35.7. The summed E-state index contributed by atoms with van der Waals surface area (Å²) >= 11 is 2.66. The van der Waals surface area contributed by atoms with Gasteiger partial charge in [-0.25, -0.2) is 0 Å². The lowest BCUT2D eigenvalue weighted by molar-refractivity contribution is -0.225. The first kappa shape index (κ1) is 31.9. The number of aryl methyl sites for hydroxylation is 2. The fraction of sp³-hybridized carbons (Fsp3) is 0.789. The maximum absolute atomic E-state index is 4.02. The van der Waals surface area contributed by atoms with Gasteiger partial charge in [-0.05, 0) is 126 Å². The van der Waals surface area contributed by atoms with Crippen molar-refractivity contribution in [3.8, 4) is 0 Å². The van der Waals surface area contributed by atoms with Gasteiger partial charge in [-0.2, -0.15) is 0 Å². The summed E-state index contributed by atoms with van der Waals surface area (Å²) in [7, 11) is 0. The number of hydrogen-bond acceptors (Lipinski definition) is 2. The first-order valence-corrected chi connectivity index (χ1v) is 18.8. The smallest absolute Gasteiger partial charge is 0.0414 e. The number of halogens is 1. The second-order valence-corrected chi connectivity index (χ2v) is 17.2. The largest absolute Gasteiger partial charge is 0.359 e. The predicted molar refractivity (Wildman–Crippen MR) is 187 cm³/mol. The number of alkyl halides is 1. The van der Waals surface area contributed by atoms with E-state index in [9.17, 15) is 0 Å².